The van der Waals surface area contributed by atoms with Gasteiger partial charge in [-0.25, -0.2) is 4.79 Å². The van der Waals surface area contributed by atoms with E-state index in [1.54, 1.807) is 0 Å². The molecule has 1 aromatic carbocycles. The first kappa shape index (κ1) is 18.3. The quantitative estimate of drug-likeness (QED) is 0.713. The van der Waals surface area contributed by atoms with Crippen LogP contribution >= 0.6 is 0 Å². The molecule has 6 nitrogen and oxygen atoms in total. The van der Waals surface area contributed by atoms with Crippen LogP contribution in [0.2, 0.25) is 0 Å². The van der Waals surface area contributed by atoms with Crippen LogP contribution in [0.4, 0.5) is 4.79 Å². The molecule has 0 aliphatic carbocycles. The number of nitrogens with one attached hydrogen (secondary N) is 1. The van der Waals surface area contributed by atoms with Crippen LogP contribution in [0.15, 0.2) is 30.3 Å². The fourth-order valence-corrected chi connectivity index (χ4v) is 2.75. The average Bonchev–Trinajstić information content (AvgIpc) is 3.14. The number of unbranched alkanes of at least 4 members (excludes halogenated alkanes) is 1. The van der Waals surface area contributed by atoms with Crippen molar-refractivity contribution in [1.29, 1.82) is 0 Å². The number of amides is 2. The summed E-state index contributed by atoms with van der Waals surface area (Å²) in [7, 11) is 0. The van der Waals surface area contributed by atoms with E-state index in [-0.39, 0.29) is 12.5 Å². The van der Waals surface area contributed by atoms with Gasteiger partial charge in [-0.3, -0.25) is 4.79 Å². The second-order valence-corrected chi connectivity index (χ2v) is 6.12. The molecule has 1 heterocycles. The molecule has 0 aromatic heterocycles. The number of hydrogen-bond acceptors (Lipinski definition) is 4. The third-order valence-corrected chi connectivity index (χ3v) is 4.16. The van der Waals surface area contributed by atoms with Crippen LogP contribution < -0.4 is 11.1 Å². The Bertz CT molecular complexity index is 516. The lowest BCUT2D eigenvalue weighted by atomic mass is 10.1. The SMILES string of the molecule is N[C@@H](CCCCNC(=O)OCc1ccccc1)C(=O)N1CCCC1. The molecule has 0 saturated carbocycles. The average molecular weight is 333 g/mol. The maximum Gasteiger partial charge on any atom is 0.407 e. The molecule has 6 heteroatoms. The highest BCUT2D eigenvalue weighted by Gasteiger charge is 2.22. The number of ether oxygens (including phenoxy) is 1. The fourth-order valence-electron chi connectivity index (χ4n) is 2.75. The Kier molecular flexibility index (Phi) is 7.55. The van der Waals surface area contributed by atoms with Crippen LogP contribution in [0.1, 0.15) is 37.7 Å². The van der Waals surface area contributed by atoms with Crippen molar-refractivity contribution in [2.75, 3.05) is 19.6 Å². The monoisotopic (exact) mass is 333 g/mol. The maximum atomic E-state index is 12.0. The minimum Gasteiger partial charge on any atom is -0.445 e. The van der Waals surface area contributed by atoms with Gasteiger partial charge in [0.2, 0.25) is 5.91 Å². The van der Waals surface area contributed by atoms with Gasteiger partial charge in [0.15, 0.2) is 0 Å². The number of carbonyl (C=O) groups is 2. The molecular weight excluding hydrogens is 306 g/mol. The minimum absolute atomic E-state index is 0.0581. The van der Waals surface area contributed by atoms with Crippen molar-refractivity contribution < 1.29 is 14.3 Å². The number of nitrogens with zero attached hydrogens (tertiary/aromatic N) is 1. The predicted octanol–water partition coefficient (Wildman–Crippen LogP) is 2.03. The minimum atomic E-state index is -0.423. The molecule has 1 aromatic rings. The molecule has 2 rings (SSSR count). The summed E-state index contributed by atoms with van der Waals surface area (Å²) in [5.41, 5.74) is 6.91. The summed E-state index contributed by atoms with van der Waals surface area (Å²) in [4.78, 5) is 25.5. The van der Waals surface area contributed by atoms with Crippen LogP contribution in [-0.2, 0) is 16.1 Å². The number of carbonyl (C=O) groups excluding carboxylic acids is 2. The predicted molar refractivity (Wildman–Crippen MR) is 92.3 cm³/mol. The van der Waals surface area contributed by atoms with Gasteiger partial charge in [0.1, 0.15) is 6.61 Å². The summed E-state index contributed by atoms with van der Waals surface area (Å²) >= 11 is 0. The summed E-state index contributed by atoms with van der Waals surface area (Å²) in [6.07, 6.45) is 3.97. The van der Waals surface area contributed by atoms with Gasteiger partial charge in [-0.1, -0.05) is 30.3 Å². The molecule has 2 amide bonds. The van der Waals surface area contributed by atoms with Crippen molar-refractivity contribution >= 4 is 12.0 Å². The maximum absolute atomic E-state index is 12.0. The van der Waals surface area contributed by atoms with Crippen molar-refractivity contribution in [2.45, 2.75) is 44.8 Å². The van der Waals surface area contributed by atoms with E-state index in [4.69, 9.17) is 10.5 Å². The Hall–Kier alpha value is -2.08. The third-order valence-electron chi connectivity index (χ3n) is 4.16. The second-order valence-electron chi connectivity index (χ2n) is 6.12. The Morgan fingerprint density at radius 3 is 2.58 bits per heavy atom. The summed E-state index contributed by atoms with van der Waals surface area (Å²) in [5.74, 6) is 0.0581. The molecule has 1 aliphatic heterocycles. The zero-order chi connectivity index (χ0) is 17.2. The van der Waals surface area contributed by atoms with Crippen molar-refractivity contribution in [1.82, 2.24) is 10.2 Å². The van der Waals surface area contributed by atoms with E-state index in [1.807, 2.05) is 35.2 Å². The zero-order valence-electron chi connectivity index (χ0n) is 14.1. The Labute approximate surface area is 143 Å². The lowest BCUT2D eigenvalue weighted by Crippen LogP contribution is -2.42. The van der Waals surface area contributed by atoms with E-state index < -0.39 is 12.1 Å². The van der Waals surface area contributed by atoms with Crippen molar-refractivity contribution in [3.63, 3.8) is 0 Å². The summed E-state index contributed by atoms with van der Waals surface area (Å²) in [5, 5.41) is 2.71. The van der Waals surface area contributed by atoms with Crippen molar-refractivity contribution in [3.8, 4) is 0 Å². The second kappa shape index (κ2) is 9.93. The summed E-state index contributed by atoms with van der Waals surface area (Å²) in [6.45, 7) is 2.46. The van der Waals surface area contributed by atoms with Gasteiger partial charge in [0, 0.05) is 19.6 Å². The Morgan fingerprint density at radius 1 is 1.17 bits per heavy atom. The van der Waals surface area contributed by atoms with Gasteiger partial charge in [-0.05, 0) is 37.7 Å². The first-order chi connectivity index (χ1) is 11.7. The number of benzene rings is 1. The van der Waals surface area contributed by atoms with E-state index in [0.717, 1.165) is 44.3 Å². The fraction of sp³-hybridized carbons (Fsp3) is 0.556. The van der Waals surface area contributed by atoms with Crippen LogP contribution in [0.25, 0.3) is 0 Å². The number of nitrogens with two attached hydrogens (primary N) is 1. The summed E-state index contributed by atoms with van der Waals surface area (Å²) in [6, 6.07) is 9.13. The van der Waals surface area contributed by atoms with E-state index in [2.05, 4.69) is 5.32 Å². The molecule has 24 heavy (non-hydrogen) atoms. The van der Waals surface area contributed by atoms with Gasteiger partial charge >= 0.3 is 6.09 Å². The molecule has 1 aliphatic rings. The van der Waals surface area contributed by atoms with E-state index in [1.165, 1.54) is 0 Å². The van der Waals surface area contributed by atoms with Crippen molar-refractivity contribution in [3.05, 3.63) is 35.9 Å². The molecule has 1 fully saturated rings. The number of likely N-dealkylation sites (tertiary alicyclic amines) is 1. The molecule has 0 unspecified atom stereocenters. The third kappa shape index (κ3) is 6.20. The van der Waals surface area contributed by atoms with Gasteiger partial charge in [-0.2, -0.15) is 0 Å². The highest BCUT2D eigenvalue weighted by molar-refractivity contribution is 5.81. The van der Waals surface area contributed by atoms with Crippen LogP contribution in [-0.4, -0.2) is 42.6 Å². The van der Waals surface area contributed by atoms with Crippen LogP contribution in [0, 0.1) is 0 Å². The molecule has 0 radical (unpaired) electrons. The molecule has 0 bridgehead atoms. The molecular formula is C18H27N3O3. The largest absolute Gasteiger partial charge is 0.445 e. The highest BCUT2D eigenvalue weighted by Crippen LogP contribution is 2.10. The smallest absolute Gasteiger partial charge is 0.407 e. The van der Waals surface area contributed by atoms with E-state index in [9.17, 15) is 9.59 Å². The lowest BCUT2D eigenvalue weighted by Gasteiger charge is -2.20. The normalized spacial score (nSPS) is 15.1. The standard InChI is InChI=1S/C18H27N3O3/c19-16(17(22)21-12-6-7-13-21)10-4-5-11-20-18(23)24-14-15-8-2-1-3-9-15/h1-3,8-9,16H,4-7,10-14,19H2,(H,20,23)/t16-/m0/s1. The molecule has 132 valence electrons. The van der Waals surface area contributed by atoms with Gasteiger partial charge in [-0.15, -0.1) is 0 Å². The number of alkyl carbamates (subject to hydrolysis) is 1. The van der Waals surface area contributed by atoms with Gasteiger partial charge in [0.25, 0.3) is 0 Å². The zero-order valence-corrected chi connectivity index (χ0v) is 14.1. The number of rotatable bonds is 8. The Balaban J connectivity index is 1.51. The van der Waals surface area contributed by atoms with Gasteiger partial charge in [0.05, 0.1) is 6.04 Å². The van der Waals surface area contributed by atoms with Crippen molar-refractivity contribution in [2.24, 2.45) is 5.73 Å². The Morgan fingerprint density at radius 2 is 1.88 bits per heavy atom. The van der Waals surface area contributed by atoms with E-state index >= 15 is 0 Å². The summed E-state index contributed by atoms with van der Waals surface area (Å²) < 4.78 is 5.13. The highest BCUT2D eigenvalue weighted by atomic mass is 16.5. The first-order valence-electron chi connectivity index (χ1n) is 8.66. The van der Waals surface area contributed by atoms with Gasteiger partial charge < -0.3 is 20.7 Å². The molecule has 0 spiro atoms. The lowest BCUT2D eigenvalue weighted by molar-refractivity contribution is -0.131. The molecule has 1 atom stereocenters. The van der Waals surface area contributed by atoms with Crippen LogP contribution in [0.5, 0.6) is 0 Å². The molecule has 3 N–H and O–H groups in total. The van der Waals surface area contributed by atoms with Crippen LogP contribution in [0.3, 0.4) is 0 Å². The molecule has 1 saturated heterocycles. The number of hydrogen-bond donors (Lipinski definition) is 2. The first-order valence-corrected chi connectivity index (χ1v) is 8.66. The van der Waals surface area contributed by atoms with E-state index in [0.29, 0.717) is 13.0 Å². The topological polar surface area (TPSA) is 84.7 Å².